The standard InChI is InChI=1S/C22H28N4.C5H10.C2H6/c1-6-8-20(18-9-7-10-19(12-18)26-25-15(2)3)22(13-23)21-11-16(4)14-24-17(21)5;1-5-3-2-4-5;1-2/h7,9-12,14-15,25-26H,6,8H2,1-5H3;5H,2-4H2,1H3;1-2H3/b22-20+;;. The highest BCUT2D eigenvalue weighted by atomic mass is 15.4. The molecule has 1 aliphatic rings. The summed E-state index contributed by atoms with van der Waals surface area (Å²) < 4.78 is 0. The number of rotatable bonds is 7. The van der Waals surface area contributed by atoms with E-state index in [0.717, 1.165) is 58.0 Å². The van der Waals surface area contributed by atoms with Crippen LogP contribution in [0.1, 0.15) is 96.0 Å². The molecule has 0 amide bonds. The number of aromatic nitrogens is 1. The molecule has 1 aliphatic carbocycles. The maximum atomic E-state index is 9.93. The topological polar surface area (TPSA) is 60.7 Å². The van der Waals surface area contributed by atoms with Gasteiger partial charge in [0.05, 0.1) is 5.57 Å². The van der Waals surface area contributed by atoms with E-state index in [1.54, 1.807) is 0 Å². The first-order chi connectivity index (χ1) is 15.8. The number of benzene rings is 1. The van der Waals surface area contributed by atoms with Crippen molar-refractivity contribution in [3.63, 3.8) is 0 Å². The van der Waals surface area contributed by atoms with Crippen molar-refractivity contribution in [2.75, 3.05) is 5.43 Å². The number of anilines is 1. The van der Waals surface area contributed by atoms with E-state index in [4.69, 9.17) is 0 Å². The van der Waals surface area contributed by atoms with Crippen LogP contribution in [0.4, 0.5) is 5.69 Å². The average Bonchev–Trinajstić information content (AvgIpc) is 2.80. The molecule has 1 heterocycles. The quantitative estimate of drug-likeness (QED) is 0.332. The Morgan fingerprint density at radius 1 is 1.18 bits per heavy atom. The molecule has 1 fully saturated rings. The maximum absolute atomic E-state index is 9.93. The van der Waals surface area contributed by atoms with E-state index in [0.29, 0.717) is 6.04 Å². The zero-order valence-electron chi connectivity index (χ0n) is 22.0. The van der Waals surface area contributed by atoms with Crippen molar-refractivity contribution in [2.24, 2.45) is 5.92 Å². The lowest BCUT2D eigenvalue weighted by Gasteiger charge is -2.18. The van der Waals surface area contributed by atoms with Crippen molar-refractivity contribution in [3.05, 3.63) is 58.9 Å². The van der Waals surface area contributed by atoms with Crippen molar-refractivity contribution in [1.29, 1.82) is 5.26 Å². The molecule has 0 bridgehead atoms. The fourth-order valence-electron chi connectivity index (χ4n) is 3.47. The zero-order chi connectivity index (χ0) is 24.8. The number of hydrazine groups is 1. The lowest BCUT2D eigenvalue weighted by molar-refractivity contribution is 0.346. The predicted octanol–water partition coefficient (Wildman–Crippen LogP) is 8.09. The monoisotopic (exact) mass is 448 g/mol. The van der Waals surface area contributed by atoms with Crippen LogP contribution in [0.25, 0.3) is 11.1 Å². The Kier molecular flexibility index (Phi) is 13.1. The summed E-state index contributed by atoms with van der Waals surface area (Å²) in [6.45, 7) is 16.6. The molecule has 4 heteroatoms. The second-order valence-corrected chi connectivity index (χ2v) is 8.90. The average molecular weight is 449 g/mol. The molecule has 2 N–H and O–H groups in total. The number of pyridine rings is 1. The first kappa shape index (κ1) is 28.4. The summed E-state index contributed by atoms with van der Waals surface area (Å²) in [5, 5.41) is 9.93. The van der Waals surface area contributed by atoms with Gasteiger partial charge in [0.25, 0.3) is 0 Å². The Bertz CT molecular complexity index is 917. The van der Waals surface area contributed by atoms with Crippen LogP contribution in [-0.2, 0) is 0 Å². The van der Waals surface area contributed by atoms with Gasteiger partial charge in [-0.2, -0.15) is 5.26 Å². The molecule has 0 aliphatic heterocycles. The van der Waals surface area contributed by atoms with Crippen molar-refractivity contribution < 1.29 is 0 Å². The van der Waals surface area contributed by atoms with Crippen LogP contribution in [0.5, 0.6) is 0 Å². The fourth-order valence-corrected chi connectivity index (χ4v) is 3.47. The summed E-state index contributed by atoms with van der Waals surface area (Å²) in [6.07, 6.45) is 8.12. The van der Waals surface area contributed by atoms with Crippen molar-refractivity contribution in [3.8, 4) is 6.07 Å². The van der Waals surface area contributed by atoms with Crippen molar-refractivity contribution in [2.45, 2.75) is 93.5 Å². The first-order valence-corrected chi connectivity index (χ1v) is 12.5. The number of aryl methyl sites for hydroxylation is 2. The number of nitrogens with one attached hydrogen (secondary N) is 2. The predicted molar refractivity (Wildman–Crippen MR) is 144 cm³/mol. The molecule has 1 saturated carbocycles. The molecule has 0 spiro atoms. The van der Waals surface area contributed by atoms with Crippen LogP contribution in [0.15, 0.2) is 36.5 Å². The minimum atomic E-state index is 0.333. The molecule has 1 aromatic carbocycles. The van der Waals surface area contributed by atoms with Gasteiger partial charge in [-0.05, 0) is 74.9 Å². The minimum Gasteiger partial charge on any atom is -0.321 e. The number of hydrogen-bond acceptors (Lipinski definition) is 4. The van der Waals surface area contributed by atoms with Gasteiger partial charge in [0, 0.05) is 29.2 Å². The van der Waals surface area contributed by atoms with Gasteiger partial charge in [0.1, 0.15) is 6.07 Å². The highest BCUT2D eigenvalue weighted by molar-refractivity contribution is 5.98. The third-order valence-electron chi connectivity index (χ3n) is 5.52. The largest absolute Gasteiger partial charge is 0.321 e. The first-order valence-electron chi connectivity index (χ1n) is 12.5. The summed E-state index contributed by atoms with van der Waals surface area (Å²) in [4.78, 5) is 4.44. The van der Waals surface area contributed by atoms with Gasteiger partial charge < -0.3 is 5.43 Å². The Balaban J connectivity index is 0.000000671. The van der Waals surface area contributed by atoms with Gasteiger partial charge in [-0.1, -0.05) is 65.5 Å². The Hall–Kier alpha value is -2.64. The van der Waals surface area contributed by atoms with E-state index in [1.807, 2.05) is 46.0 Å². The van der Waals surface area contributed by atoms with Crippen LogP contribution >= 0.6 is 0 Å². The van der Waals surface area contributed by atoms with E-state index < -0.39 is 0 Å². The molecular weight excluding hydrogens is 404 g/mol. The maximum Gasteiger partial charge on any atom is 0.100 e. The normalized spacial score (nSPS) is 13.5. The molecule has 0 unspecified atom stereocenters. The van der Waals surface area contributed by atoms with Crippen LogP contribution in [0, 0.1) is 31.1 Å². The summed E-state index contributed by atoms with van der Waals surface area (Å²) in [5.74, 6) is 1.06. The van der Waals surface area contributed by atoms with E-state index in [1.165, 1.54) is 19.3 Å². The molecule has 3 rings (SSSR count). The second-order valence-electron chi connectivity index (χ2n) is 8.90. The number of hydrogen-bond donors (Lipinski definition) is 2. The highest BCUT2D eigenvalue weighted by Crippen LogP contribution is 2.32. The third kappa shape index (κ3) is 9.40. The third-order valence-corrected chi connectivity index (χ3v) is 5.52. The molecule has 0 radical (unpaired) electrons. The van der Waals surface area contributed by atoms with Crippen LogP contribution in [0.2, 0.25) is 0 Å². The van der Waals surface area contributed by atoms with Crippen molar-refractivity contribution in [1.82, 2.24) is 10.4 Å². The van der Waals surface area contributed by atoms with Gasteiger partial charge >= 0.3 is 0 Å². The summed E-state index contributed by atoms with van der Waals surface area (Å²) in [5.41, 5.74) is 13.2. The molecule has 1 aromatic heterocycles. The number of nitriles is 1. The van der Waals surface area contributed by atoms with Gasteiger partial charge in [-0.25, -0.2) is 5.43 Å². The van der Waals surface area contributed by atoms with Crippen LogP contribution < -0.4 is 10.9 Å². The van der Waals surface area contributed by atoms with E-state index in [9.17, 15) is 5.26 Å². The fraction of sp³-hybridized carbons (Fsp3) is 0.517. The summed E-state index contributed by atoms with van der Waals surface area (Å²) in [6, 6.07) is 13.0. The second kappa shape index (κ2) is 15.2. The SMILES string of the molecule is CC.CC1CCC1.CCC/C(=C(/C#N)c1cc(C)cnc1C)c1cccc(NNC(C)C)c1. The Morgan fingerprint density at radius 3 is 2.36 bits per heavy atom. The number of allylic oxidation sites excluding steroid dienone is 2. The van der Waals surface area contributed by atoms with Crippen molar-refractivity contribution >= 4 is 16.8 Å². The van der Waals surface area contributed by atoms with Gasteiger partial charge in [-0.3, -0.25) is 4.98 Å². The molecular formula is C29H44N4. The minimum absolute atomic E-state index is 0.333. The molecule has 180 valence electrons. The van der Waals surface area contributed by atoms with Gasteiger partial charge in [0.2, 0.25) is 0 Å². The van der Waals surface area contributed by atoms with Crippen LogP contribution in [-0.4, -0.2) is 11.0 Å². The Morgan fingerprint density at radius 2 is 1.85 bits per heavy atom. The van der Waals surface area contributed by atoms with E-state index in [-0.39, 0.29) is 0 Å². The lowest BCUT2D eigenvalue weighted by Crippen LogP contribution is -2.28. The zero-order valence-corrected chi connectivity index (χ0v) is 22.0. The molecule has 33 heavy (non-hydrogen) atoms. The van der Waals surface area contributed by atoms with Crippen LogP contribution in [0.3, 0.4) is 0 Å². The molecule has 2 aromatic rings. The lowest BCUT2D eigenvalue weighted by atomic mass is 9.88. The molecule has 4 nitrogen and oxygen atoms in total. The number of nitrogens with zero attached hydrogens (tertiary/aromatic N) is 2. The van der Waals surface area contributed by atoms with Gasteiger partial charge in [-0.15, -0.1) is 0 Å². The summed E-state index contributed by atoms with van der Waals surface area (Å²) >= 11 is 0. The van der Waals surface area contributed by atoms with E-state index >= 15 is 0 Å². The highest BCUT2D eigenvalue weighted by Gasteiger charge is 2.14. The Labute approximate surface area is 202 Å². The summed E-state index contributed by atoms with van der Waals surface area (Å²) in [7, 11) is 0. The van der Waals surface area contributed by atoms with Gasteiger partial charge in [0.15, 0.2) is 0 Å². The smallest absolute Gasteiger partial charge is 0.100 e. The molecule has 0 atom stereocenters. The van der Waals surface area contributed by atoms with E-state index in [2.05, 4.69) is 67.8 Å². The molecule has 0 saturated heterocycles.